The Morgan fingerprint density at radius 1 is 0.643 bits per heavy atom. The van der Waals surface area contributed by atoms with Crippen molar-refractivity contribution in [2.45, 2.75) is 0 Å². The van der Waals surface area contributed by atoms with Crippen LogP contribution in [-0.4, -0.2) is 52.3 Å². The zero-order valence-corrected chi connectivity index (χ0v) is 20.4. The largest absolute Gasteiger partial charge is 1.00 e. The van der Waals surface area contributed by atoms with Gasteiger partial charge in [-0.15, -0.1) is 11.5 Å². The molecule has 28 heavy (non-hydrogen) atoms. The minimum Gasteiger partial charge on any atom is -0.874 e. The third-order valence-electron chi connectivity index (χ3n) is 4.59. The Labute approximate surface area is 204 Å². The molecule has 0 fully saturated rings. The van der Waals surface area contributed by atoms with E-state index >= 15 is 0 Å². The number of carbonyl (C=O) groups excluding carboxylic acids is 4. The van der Waals surface area contributed by atoms with Crippen LogP contribution in [0.5, 0.6) is 0 Å². The maximum absolute atomic E-state index is 12.7. The molecule has 2 aliphatic rings. The fraction of sp³-hybridized carbons (Fsp3) is 0.500. The summed E-state index contributed by atoms with van der Waals surface area (Å²) in [6, 6.07) is 0. The molecule has 10 nitrogen and oxygen atoms in total. The number of ether oxygens (including phenoxy) is 4. The van der Waals surface area contributed by atoms with E-state index < -0.39 is 70.2 Å². The molecule has 2 rings (SSSR count). The summed E-state index contributed by atoms with van der Waals surface area (Å²) in [7, 11) is 4.01. The molecule has 0 N–H and O–H groups in total. The third kappa shape index (κ3) is 4.12. The molecule has 2 aliphatic carbocycles. The van der Waals surface area contributed by atoms with Crippen molar-refractivity contribution < 1.29 is 107 Å². The smallest absolute Gasteiger partial charge is 0.874 e. The number of carbonyl (C=O) groups is 4. The van der Waals surface area contributed by atoms with E-state index in [2.05, 4.69) is 18.9 Å². The van der Waals surface area contributed by atoms with E-state index in [0.29, 0.717) is 0 Å². The Kier molecular flexibility index (Phi) is 10.3. The molecule has 142 valence electrons. The van der Waals surface area contributed by atoms with E-state index in [0.717, 1.165) is 28.4 Å². The zero-order chi connectivity index (χ0) is 19.8. The van der Waals surface area contributed by atoms with Crippen LogP contribution in [-0.2, 0) is 38.1 Å². The van der Waals surface area contributed by atoms with E-state index in [1.807, 2.05) is 0 Å². The van der Waals surface area contributed by atoms with Gasteiger partial charge in [0.25, 0.3) is 0 Å². The summed E-state index contributed by atoms with van der Waals surface area (Å²) in [5.74, 6) is -12.3. The molecule has 0 bridgehead atoms. The Morgan fingerprint density at radius 3 is 1.14 bits per heavy atom. The standard InChI is InChI=1S/C16H18O10.2Na/c1-23-13(19)7-5-6(9(11(7)17)15(21)25-3)10(16(22)26-4)12(18)8(5)14(20)24-2;;/h5-7,10,17-18H,1-4H3;;/q;2*+1/p-2. The van der Waals surface area contributed by atoms with Gasteiger partial charge in [0.15, 0.2) is 0 Å². The molecule has 0 aromatic rings. The van der Waals surface area contributed by atoms with Crippen LogP contribution < -0.4 is 69.3 Å². The summed E-state index contributed by atoms with van der Waals surface area (Å²) in [4.78, 5) is 48.5. The summed E-state index contributed by atoms with van der Waals surface area (Å²) >= 11 is 0. The van der Waals surface area contributed by atoms with Crippen LogP contribution >= 0.6 is 0 Å². The van der Waals surface area contributed by atoms with Crippen LogP contribution in [0.15, 0.2) is 22.7 Å². The molecule has 0 radical (unpaired) electrons. The van der Waals surface area contributed by atoms with Crippen LogP contribution in [0.3, 0.4) is 0 Å². The van der Waals surface area contributed by atoms with E-state index in [-0.39, 0.29) is 59.1 Å². The normalized spacial score (nSPS) is 25.1. The van der Waals surface area contributed by atoms with Crippen molar-refractivity contribution in [3.8, 4) is 0 Å². The molecule has 0 heterocycles. The van der Waals surface area contributed by atoms with Crippen molar-refractivity contribution in [3.05, 3.63) is 22.7 Å². The molecule has 0 aromatic heterocycles. The second kappa shape index (κ2) is 10.7. The van der Waals surface area contributed by atoms with E-state index in [1.54, 1.807) is 0 Å². The number of hydrogen-bond donors (Lipinski definition) is 0. The average molecular weight is 414 g/mol. The first-order valence-electron chi connectivity index (χ1n) is 7.41. The Morgan fingerprint density at radius 2 is 0.929 bits per heavy atom. The fourth-order valence-electron chi connectivity index (χ4n) is 3.55. The predicted molar refractivity (Wildman–Crippen MR) is 76.1 cm³/mol. The third-order valence-corrected chi connectivity index (χ3v) is 4.59. The first-order valence-corrected chi connectivity index (χ1v) is 7.41. The van der Waals surface area contributed by atoms with Crippen molar-refractivity contribution in [3.63, 3.8) is 0 Å². The van der Waals surface area contributed by atoms with Gasteiger partial charge in [-0.1, -0.05) is 0 Å². The van der Waals surface area contributed by atoms with Crippen LogP contribution in [0.2, 0.25) is 0 Å². The number of rotatable bonds is 4. The molecule has 0 aliphatic heterocycles. The molecule has 0 saturated heterocycles. The molecular formula is C16H16Na2O10. The van der Waals surface area contributed by atoms with E-state index in [4.69, 9.17) is 0 Å². The minimum atomic E-state index is -1.65. The monoisotopic (exact) mass is 414 g/mol. The summed E-state index contributed by atoms with van der Waals surface area (Å²) in [5.41, 5.74) is -1.12. The molecule has 4 atom stereocenters. The van der Waals surface area contributed by atoms with Crippen molar-refractivity contribution >= 4 is 23.9 Å². The SMILES string of the molecule is COC(=O)C1=C([O-])C(C(=O)OC)C2C(C(=O)OC)=C([O-])C(C(=O)OC)C12.[Na+].[Na+]. The van der Waals surface area contributed by atoms with Gasteiger partial charge in [-0.3, -0.25) is 9.59 Å². The quantitative estimate of drug-likeness (QED) is 0.246. The van der Waals surface area contributed by atoms with Crippen LogP contribution in [0.25, 0.3) is 0 Å². The van der Waals surface area contributed by atoms with Crippen molar-refractivity contribution in [2.24, 2.45) is 23.7 Å². The van der Waals surface area contributed by atoms with Gasteiger partial charge < -0.3 is 29.2 Å². The minimum absolute atomic E-state index is 0. The van der Waals surface area contributed by atoms with Crippen molar-refractivity contribution in [1.29, 1.82) is 0 Å². The van der Waals surface area contributed by atoms with E-state index in [9.17, 15) is 29.4 Å². The van der Waals surface area contributed by atoms with Crippen LogP contribution in [0.4, 0.5) is 0 Å². The number of hydrogen-bond acceptors (Lipinski definition) is 10. The zero-order valence-electron chi connectivity index (χ0n) is 16.4. The average Bonchev–Trinajstić information content (AvgIpc) is 3.08. The van der Waals surface area contributed by atoms with Crippen LogP contribution in [0, 0.1) is 23.7 Å². The second-order valence-corrected chi connectivity index (χ2v) is 5.59. The molecule has 0 aromatic carbocycles. The Hall–Kier alpha value is -1.04. The molecular weight excluding hydrogens is 398 g/mol. The number of methoxy groups -OCH3 is 4. The predicted octanol–water partition coefficient (Wildman–Crippen LogP) is -8.59. The van der Waals surface area contributed by atoms with Gasteiger partial charge in [0.1, 0.15) is 0 Å². The van der Waals surface area contributed by atoms with Gasteiger partial charge in [0.2, 0.25) is 0 Å². The first kappa shape index (κ1) is 27.0. The van der Waals surface area contributed by atoms with Gasteiger partial charge >= 0.3 is 83.0 Å². The topological polar surface area (TPSA) is 151 Å². The van der Waals surface area contributed by atoms with Gasteiger partial charge in [-0.05, 0) is 0 Å². The van der Waals surface area contributed by atoms with Gasteiger partial charge in [-0.25, -0.2) is 9.59 Å². The van der Waals surface area contributed by atoms with E-state index in [1.165, 1.54) is 0 Å². The Bertz CT molecular complexity index is 680. The molecule has 0 saturated carbocycles. The summed E-state index contributed by atoms with van der Waals surface area (Å²) in [5, 5.41) is 25.3. The maximum Gasteiger partial charge on any atom is 1.00 e. The summed E-state index contributed by atoms with van der Waals surface area (Å²) in [6.45, 7) is 0. The van der Waals surface area contributed by atoms with Gasteiger partial charge in [0, 0.05) is 23.0 Å². The van der Waals surface area contributed by atoms with Crippen molar-refractivity contribution in [2.75, 3.05) is 28.4 Å². The van der Waals surface area contributed by atoms with Gasteiger partial charge in [0.05, 0.1) is 40.3 Å². The molecule has 0 amide bonds. The summed E-state index contributed by atoms with van der Waals surface area (Å²) in [6.07, 6.45) is 0. The van der Waals surface area contributed by atoms with Crippen molar-refractivity contribution in [1.82, 2.24) is 0 Å². The number of esters is 4. The van der Waals surface area contributed by atoms with Gasteiger partial charge in [-0.2, -0.15) is 0 Å². The molecule has 0 spiro atoms. The molecule has 12 heteroatoms. The Balaban J connectivity index is 0.00000364. The number of fused-ring (bicyclic) bond motifs is 1. The second-order valence-electron chi connectivity index (χ2n) is 5.59. The first-order chi connectivity index (χ1) is 12.3. The van der Waals surface area contributed by atoms with Crippen LogP contribution in [0.1, 0.15) is 0 Å². The summed E-state index contributed by atoms with van der Waals surface area (Å²) < 4.78 is 18.3. The molecule has 4 unspecified atom stereocenters. The maximum atomic E-state index is 12.7. The fourth-order valence-corrected chi connectivity index (χ4v) is 3.55.